The lowest BCUT2D eigenvalue weighted by Crippen LogP contribution is -2.53. The lowest BCUT2D eigenvalue weighted by atomic mass is 9.87. The Bertz CT molecular complexity index is 2690. The van der Waals surface area contributed by atoms with Crippen LogP contribution in [0.5, 0.6) is 0 Å². The Morgan fingerprint density at radius 2 is 0.931 bits per heavy atom. The Morgan fingerprint density at radius 1 is 0.542 bits per heavy atom. The average molecular weight is 973 g/mol. The fraction of sp³-hybridized carbons (Fsp3) is 0.414. The third-order valence-electron chi connectivity index (χ3n) is 14.9. The van der Waals surface area contributed by atoms with Crippen LogP contribution in [-0.4, -0.2) is 93.1 Å². The molecule has 6 aromatic rings. The van der Waals surface area contributed by atoms with Crippen LogP contribution < -0.4 is 10.6 Å². The minimum atomic E-state index is -0.690. The van der Waals surface area contributed by atoms with E-state index in [1.165, 1.54) is 58.7 Å². The van der Waals surface area contributed by atoms with Gasteiger partial charge >= 0.3 is 12.2 Å². The van der Waals surface area contributed by atoms with Gasteiger partial charge in [-0.15, -0.1) is 0 Å². The molecule has 4 aliphatic carbocycles. The second-order valence-electron chi connectivity index (χ2n) is 20.3. The van der Waals surface area contributed by atoms with Gasteiger partial charge in [-0.05, 0) is 132 Å². The van der Waals surface area contributed by atoms with Crippen molar-refractivity contribution >= 4 is 24.0 Å². The van der Waals surface area contributed by atoms with Gasteiger partial charge in [0.15, 0.2) is 0 Å². The van der Waals surface area contributed by atoms with E-state index < -0.39 is 24.3 Å². The molecule has 376 valence electrons. The number of nitrogens with zero attached hydrogens (tertiary/aromatic N) is 4. The van der Waals surface area contributed by atoms with E-state index in [1.54, 1.807) is 0 Å². The van der Waals surface area contributed by atoms with Crippen molar-refractivity contribution in [3.63, 3.8) is 0 Å². The molecule has 0 radical (unpaired) electrons. The lowest BCUT2D eigenvalue weighted by molar-refractivity contribution is -0.139. The predicted molar refractivity (Wildman–Crippen MR) is 279 cm³/mol. The van der Waals surface area contributed by atoms with Crippen molar-refractivity contribution < 1.29 is 28.7 Å². The van der Waals surface area contributed by atoms with Gasteiger partial charge in [0.25, 0.3) is 0 Å². The fourth-order valence-corrected chi connectivity index (χ4v) is 10.8. The number of hydrogen-bond donors (Lipinski definition) is 4. The van der Waals surface area contributed by atoms with E-state index in [1.807, 2.05) is 49.9 Å². The Balaban J connectivity index is 0.880. The molecule has 14 nitrogen and oxygen atoms in total. The van der Waals surface area contributed by atoms with Crippen LogP contribution in [-0.2, 0) is 44.7 Å². The molecule has 2 aliphatic heterocycles. The number of benzene rings is 4. The van der Waals surface area contributed by atoms with E-state index in [4.69, 9.17) is 19.4 Å². The molecule has 14 heteroatoms. The zero-order chi connectivity index (χ0) is 50.5. The number of aryl methyl sites for hydroxylation is 4. The number of carbonyl (C=O) groups is 4. The molecule has 4 atom stereocenters. The number of aromatic nitrogens is 4. The van der Waals surface area contributed by atoms with Gasteiger partial charge in [0.1, 0.15) is 23.7 Å². The van der Waals surface area contributed by atoms with Crippen LogP contribution in [0, 0.1) is 11.8 Å². The number of carbonyl (C=O) groups excluding carboxylic acids is 4. The van der Waals surface area contributed by atoms with Crippen molar-refractivity contribution in [1.82, 2.24) is 40.4 Å². The second-order valence-corrected chi connectivity index (χ2v) is 20.3. The summed E-state index contributed by atoms with van der Waals surface area (Å²) in [5, 5.41) is 5.49. The van der Waals surface area contributed by atoms with Gasteiger partial charge in [-0.3, -0.25) is 9.59 Å². The van der Waals surface area contributed by atoms with Crippen LogP contribution in [0.15, 0.2) is 97.3 Å². The van der Waals surface area contributed by atoms with Crippen molar-refractivity contribution in [3.8, 4) is 44.8 Å². The molecule has 4 bridgehead atoms. The Labute approximate surface area is 422 Å². The van der Waals surface area contributed by atoms with Crippen LogP contribution >= 0.6 is 0 Å². The number of alkyl carbamates (subject to hydrolysis) is 2. The van der Waals surface area contributed by atoms with E-state index in [2.05, 4.69) is 106 Å². The summed E-state index contributed by atoms with van der Waals surface area (Å²) in [5.41, 5.74) is 13.9. The number of aromatic amines is 2. The van der Waals surface area contributed by atoms with E-state index in [9.17, 15) is 19.2 Å². The Hall–Kier alpha value is -7.22. The molecule has 4 aromatic carbocycles. The number of H-pyrrole nitrogens is 2. The van der Waals surface area contributed by atoms with Crippen molar-refractivity contribution in [2.45, 2.75) is 116 Å². The highest BCUT2D eigenvalue weighted by molar-refractivity contribution is 5.87. The number of ether oxygens (including phenoxy) is 2. The van der Waals surface area contributed by atoms with Crippen molar-refractivity contribution in [2.75, 3.05) is 27.3 Å². The highest BCUT2D eigenvalue weighted by Gasteiger charge is 2.38. The first-order valence-corrected chi connectivity index (χ1v) is 25.7. The number of amides is 4. The minimum Gasteiger partial charge on any atom is -0.453 e. The Kier molecular flexibility index (Phi) is 15.2. The molecule has 2 aromatic heterocycles. The lowest BCUT2D eigenvalue weighted by Gasteiger charge is -2.37. The summed E-state index contributed by atoms with van der Waals surface area (Å²) >= 11 is 0. The van der Waals surface area contributed by atoms with Crippen LogP contribution in [0.4, 0.5) is 9.59 Å². The van der Waals surface area contributed by atoms with E-state index in [0.29, 0.717) is 13.1 Å². The summed E-state index contributed by atoms with van der Waals surface area (Å²) in [4.78, 5) is 72.4. The highest BCUT2D eigenvalue weighted by atomic mass is 16.5. The summed E-state index contributed by atoms with van der Waals surface area (Å²) in [6.07, 6.45) is 11.4. The molecule has 72 heavy (non-hydrogen) atoms. The first-order valence-electron chi connectivity index (χ1n) is 25.7. The van der Waals surface area contributed by atoms with Crippen molar-refractivity contribution in [1.29, 1.82) is 0 Å². The van der Waals surface area contributed by atoms with E-state index in [-0.39, 0.29) is 35.7 Å². The number of methoxy groups -OCH3 is 2. The van der Waals surface area contributed by atoms with Crippen molar-refractivity contribution in [2.24, 2.45) is 11.8 Å². The standard InChI is InChI=1S/C58H68N8O6/c1-35(2)51(63-57(69)71-5)55(67)65-29-9-7-11-49(65)53-59-33-47(61-53)43-25-21-41(22-26-43)45-31-37-13-17-39(45)19-15-38-14-18-40(20-16-37)46(32-38)42-23-27-44(28-24-42)48-34-60-54(62-48)50-12-8-10-30-66(50)56(68)52(36(3)4)64-58(70)72-6/h13-14,17-18,21-28,31-36,49-52H,7-12,15-16,19-20,29-30H2,1-6H3,(H,59,61)(H,60,62)(H,63,69)(H,64,70). The molecular formula is C58H68N8O6. The zero-order valence-electron chi connectivity index (χ0n) is 42.4. The number of hydrogen-bond acceptors (Lipinski definition) is 8. The molecule has 4 N–H and O–H groups in total. The van der Waals surface area contributed by atoms with Crippen LogP contribution in [0.1, 0.15) is 112 Å². The van der Waals surface area contributed by atoms with Gasteiger partial charge < -0.3 is 39.9 Å². The van der Waals surface area contributed by atoms with Gasteiger partial charge in [-0.25, -0.2) is 19.6 Å². The van der Waals surface area contributed by atoms with Crippen LogP contribution in [0.2, 0.25) is 0 Å². The molecule has 2 saturated heterocycles. The van der Waals surface area contributed by atoms with Gasteiger partial charge in [0.05, 0.1) is 50.1 Å². The summed E-state index contributed by atoms with van der Waals surface area (Å²) < 4.78 is 9.65. The largest absolute Gasteiger partial charge is 0.453 e. The van der Waals surface area contributed by atoms with E-state index >= 15 is 0 Å². The molecule has 4 unspecified atom stereocenters. The van der Waals surface area contributed by atoms with Crippen molar-refractivity contribution in [3.05, 3.63) is 131 Å². The van der Waals surface area contributed by atoms with Crippen LogP contribution in [0.3, 0.4) is 0 Å². The monoisotopic (exact) mass is 973 g/mol. The third-order valence-corrected chi connectivity index (χ3v) is 14.9. The topological polar surface area (TPSA) is 175 Å². The first-order chi connectivity index (χ1) is 34.9. The summed E-state index contributed by atoms with van der Waals surface area (Å²) in [5.74, 6) is 1.05. The number of piperidine rings is 2. The second kappa shape index (κ2) is 22.0. The maximum atomic E-state index is 13.9. The minimum absolute atomic E-state index is 0.106. The first kappa shape index (κ1) is 49.7. The maximum Gasteiger partial charge on any atom is 0.407 e. The van der Waals surface area contributed by atoms with Gasteiger partial charge in [0.2, 0.25) is 11.8 Å². The zero-order valence-corrected chi connectivity index (χ0v) is 42.4. The number of rotatable bonds is 12. The molecule has 0 saturated carbocycles. The summed E-state index contributed by atoms with van der Waals surface area (Å²) in [6.45, 7) is 8.90. The quantitative estimate of drug-likeness (QED) is 0.0937. The van der Waals surface area contributed by atoms with Crippen LogP contribution in [0.25, 0.3) is 44.8 Å². The Morgan fingerprint density at radius 3 is 1.31 bits per heavy atom. The van der Waals surface area contributed by atoms with E-state index in [0.717, 1.165) is 98.4 Å². The number of nitrogens with one attached hydrogen (secondary N) is 4. The fourth-order valence-electron chi connectivity index (χ4n) is 10.8. The molecule has 6 aliphatic rings. The molecule has 4 amide bonds. The predicted octanol–water partition coefficient (Wildman–Crippen LogP) is 10.6. The van der Waals surface area contributed by atoms with Gasteiger partial charge in [-0.2, -0.15) is 0 Å². The molecule has 0 spiro atoms. The van der Waals surface area contributed by atoms with Gasteiger partial charge in [-0.1, -0.05) is 113 Å². The smallest absolute Gasteiger partial charge is 0.407 e. The molecular weight excluding hydrogens is 905 g/mol. The molecule has 12 rings (SSSR count). The summed E-state index contributed by atoms with van der Waals surface area (Å²) in [6, 6.07) is 29.5. The third kappa shape index (κ3) is 10.8. The molecule has 4 heterocycles. The van der Waals surface area contributed by atoms with Gasteiger partial charge in [0, 0.05) is 13.1 Å². The SMILES string of the molecule is COC(=O)NC(C(=O)N1CCCCC1c1ncc(-c2ccc(-c3cc4ccc3CCc3ccc(c(-c5ccc(-c6cnc(C7CCCCN7C(=O)C(NC(=O)OC)C(C)C)[nH]6)cc5)c3)CC4)cc2)[nH]1)C(C)C. The number of imidazole rings is 2. The highest BCUT2D eigenvalue weighted by Crippen LogP contribution is 2.37. The molecule has 2 fully saturated rings. The number of likely N-dealkylation sites (tertiary alicyclic amines) is 2. The maximum absolute atomic E-state index is 13.9. The summed E-state index contributed by atoms with van der Waals surface area (Å²) in [7, 11) is 2.62. The average Bonchev–Trinajstić information content (AvgIpc) is 4.11. The normalized spacial score (nSPS) is 17.8.